The maximum Gasteiger partial charge on any atom is 0.0611 e. The van der Waals surface area contributed by atoms with Crippen LogP contribution in [0.2, 0.25) is 0 Å². The summed E-state index contributed by atoms with van der Waals surface area (Å²) < 4.78 is 5.22. The van der Waals surface area contributed by atoms with Crippen molar-refractivity contribution in [2.75, 3.05) is 40.0 Å². The Morgan fingerprint density at radius 3 is 2.78 bits per heavy atom. The van der Waals surface area contributed by atoms with Crippen molar-refractivity contribution in [3.05, 3.63) is 0 Å². The molecule has 2 rings (SSSR count). The van der Waals surface area contributed by atoms with Crippen LogP contribution in [0.4, 0.5) is 0 Å². The predicted octanol–water partition coefficient (Wildman–Crippen LogP) is 0.848. The first-order valence-electron chi connectivity index (χ1n) is 7.25. The molecule has 1 aliphatic heterocycles. The zero-order valence-corrected chi connectivity index (χ0v) is 11.8. The monoisotopic (exact) mass is 256 g/mol. The fraction of sp³-hybridized carbons (Fsp3) is 1.00. The van der Waals surface area contributed by atoms with Gasteiger partial charge in [-0.3, -0.25) is 0 Å². The van der Waals surface area contributed by atoms with E-state index in [1.54, 1.807) is 7.11 Å². The van der Waals surface area contributed by atoms with Gasteiger partial charge in [-0.05, 0) is 51.6 Å². The number of ether oxygens (including phenoxy) is 1. The number of hydrogen-bond donors (Lipinski definition) is 2. The third kappa shape index (κ3) is 4.19. The molecule has 0 amide bonds. The molecule has 2 fully saturated rings. The molecule has 0 radical (unpaired) electrons. The van der Waals surface area contributed by atoms with E-state index in [1.165, 1.54) is 25.8 Å². The van der Waals surface area contributed by atoms with Gasteiger partial charge in [0.15, 0.2) is 0 Å². The van der Waals surface area contributed by atoms with Crippen LogP contribution in [0.15, 0.2) is 0 Å². The number of rotatable bonds is 8. The Labute approximate surface area is 111 Å². The lowest BCUT2D eigenvalue weighted by atomic mass is 9.98. The molecule has 1 saturated heterocycles. The predicted molar refractivity (Wildman–Crippen MR) is 72.7 cm³/mol. The zero-order chi connectivity index (χ0) is 13.0. The van der Waals surface area contributed by atoms with Gasteiger partial charge in [0.1, 0.15) is 0 Å². The van der Waals surface area contributed by atoms with Crippen LogP contribution in [-0.4, -0.2) is 61.5 Å². The molecule has 0 bridgehead atoms. The van der Waals surface area contributed by atoms with Crippen LogP contribution in [0.3, 0.4) is 0 Å². The van der Waals surface area contributed by atoms with Crippen LogP contribution in [0.5, 0.6) is 0 Å². The van der Waals surface area contributed by atoms with Crippen molar-refractivity contribution in [1.82, 2.24) is 10.2 Å². The summed E-state index contributed by atoms with van der Waals surface area (Å²) in [6.07, 6.45) is 4.82. The molecule has 2 aliphatic rings. The molecular formula is C14H28N2O2. The molecule has 106 valence electrons. The second-order valence-corrected chi connectivity index (χ2v) is 6.30. The van der Waals surface area contributed by atoms with Crippen LogP contribution >= 0.6 is 0 Å². The van der Waals surface area contributed by atoms with Crippen molar-refractivity contribution in [2.45, 2.75) is 44.2 Å². The van der Waals surface area contributed by atoms with Gasteiger partial charge in [0, 0.05) is 25.2 Å². The Balaban J connectivity index is 1.69. The molecule has 4 nitrogen and oxygen atoms in total. The number of likely N-dealkylation sites (tertiary alicyclic amines) is 1. The van der Waals surface area contributed by atoms with Crippen molar-refractivity contribution in [3.63, 3.8) is 0 Å². The largest absolute Gasteiger partial charge is 0.394 e. The molecule has 0 aromatic carbocycles. The smallest absolute Gasteiger partial charge is 0.0611 e. The summed E-state index contributed by atoms with van der Waals surface area (Å²) in [4.78, 5) is 2.51. The van der Waals surface area contributed by atoms with Crippen molar-refractivity contribution in [1.29, 1.82) is 0 Å². The van der Waals surface area contributed by atoms with Gasteiger partial charge in [0.2, 0.25) is 0 Å². The number of hydrogen-bond acceptors (Lipinski definition) is 4. The van der Waals surface area contributed by atoms with Gasteiger partial charge in [-0.15, -0.1) is 0 Å². The molecule has 18 heavy (non-hydrogen) atoms. The lowest BCUT2D eigenvalue weighted by Crippen LogP contribution is -2.49. The van der Waals surface area contributed by atoms with E-state index in [0.717, 1.165) is 26.1 Å². The Bertz CT molecular complexity index is 258. The number of nitrogens with one attached hydrogen (secondary N) is 1. The molecule has 0 aromatic rings. The molecule has 2 N–H and O–H groups in total. The van der Waals surface area contributed by atoms with Gasteiger partial charge in [0.05, 0.1) is 13.2 Å². The fourth-order valence-electron chi connectivity index (χ4n) is 2.81. The van der Waals surface area contributed by atoms with E-state index in [4.69, 9.17) is 4.74 Å². The highest BCUT2D eigenvalue weighted by molar-refractivity contribution is 4.93. The van der Waals surface area contributed by atoms with Crippen molar-refractivity contribution in [2.24, 2.45) is 5.92 Å². The van der Waals surface area contributed by atoms with E-state index < -0.39 is 0 Å². The standard InChI is InChI=1S/C14H28N2O2/c1-14(11-17,15-13-3-4-13)6-8-16-7-5-12(9-16)10-18-2/h12-13,15,17H,3-11H2,1-2H3. The van der Waals surface area contributed by atoms with Crippen LogP contribution in [0, 0.1) is 5.92 Å². The van der Waals surface area contributed by atoms with Crippen molar-refractivity contribution >= 4 is 0 Å². The van der Waals surface area contributed by atoms with Crippen molar-refractivity contribution < 1.29 is 9.84 Å². The SMILES string of the molecule is COCC1CCN(CCC(C)(CO)NC2CC2)C1. The highest BCUT2D eigenvalue weighted by Crippen LogP contribution is 2.25. The summed E-state index contributed by atoms with van der Waals surface area (Å²) in [6.45, 7) is 6.68. The maximum absolute atomic E-state index is 9.57. The van der Waals surface area contributed by atoms with Gasteiger partial charge >= 0.3 is 0 Å². The van der Waals surface area contributed by atoms with Crippen LogP contribution < -0.4 is 5.32 Å². The van der Waals surface area contributed by atoms with E-state index in [9.17, 15) is 5.11 Å². The summed E-state index contributed by atoms with van der Waals surface area (Å²) in [5.41, 5.74) is -0.0967. The number of methoxy groups -OCH3 is 1. The normalized spacial score (nSPS) is 28.5. The lowest BCUT2D eigenvalue weighted by Gasteiger charge is -2.31. The van der Waals surface area contributed by atoms with E-state index in [0.29, 0.717) is 12.0 Å². The highest BCUT2D eigenvalue weighted by atomic mass is 16.5. The van der Waals surface area contributed by atoms with Crippen LogP contribution in [0.1, 0.15) is 32.6 Å². The minimum absolute atomic E-state index is 0.0967. The molecular weight excluding hydrogens is 228 g/mol. The second-order valence-electron chi connectivity index (χ2n) is 6.30. The Morgan fingerprint density at radius 1 is 1.39 bits per heavy atom. The highest BCUT2D eigenvalue weighted by Gasteiger charge is 2.32. The number of nitrogens with zero attached hydrogens (tertiary/aromatic N) is 1. The van der Waals surface area contributed by atoms with Crippen LogP contribution in [0.25, 0.3) is 0 Å². The molecule has 0 aromatic heterocycles. The molecule has 2 atom stereocenters. The molecule has 1 aliphatic carbocycles. The summed E-state index contributed by atoms with van der Waals surface area (Å²) in [6, 6.07) is 0.655. The second kappa shape index (κ2) is 6.33. The molecule has 2 unspecified atom stereocenters. The summed E-state index contributed by atoms with van der Waals surface area (Å²) in [5.74, 6) is 0.701. The average Bonchev–Trinajstić information content (AvgIpc) is 3.05. The topological polar surface area (TPSA) is 44.7 Å². The third-order valence-electron chi connectivity index (χ3n) is 4.23. The Kier molecular flexibility index (Phi) is 5.01. The number of aliphatic hydroxyl groups is 1. The quantitative estimate of drug-likeness (QED) is 0.676. The van der Waals surface area contributed by atoms with E-state index in [-0.39, 0.29) is 12.1 Å². The van der Waals surface area contributed by atoms with Gasteiger partial charge in [0.25, 0.3) is 0 Å². The minimum atomic E-state index is -0.0967. The van der Waals surface area contributed by atoms with E-state index >= 15 is 0 Å². The molecule has 1 heterocycles. The van der Waals surface area contributed by atoms with Gasteiger partial charge in [-0.2, -0.15) is 0 Å². The fourth-order valence-corrected chi connectivity index (χ4v) is 2.81. The van der Waals surface area contributed by atoms with E-state index in [1.807, 2.05) is 0 Å². The molecule has 1 saturated carbocycles. The third-order valence-corrected chi connectivity index (χ3v) is 4.23. The number of aliphatic hydroxyl groups excluding tert-OH is 1. The minimum Gasteiger partial charge on any atom is -0.394 e. The first kappa shape index (κ1) is 14.3. The average molecular weight is 256 g/mol. The van der Waals surface area contributed by atoms with E-state index in [2.05, 4.69) is 17.1 Å². The molecule has 4 heteroatoms. The van der Waals surface area contributed by atoms with Crippen LogP contribution in [-0.2, 0) is 4.74 Å². The lowest BCUT2D eigenvalue weighted by molar-refractivity contribution is 0.139. The van der Waals surface area contributed by atoms with Gasteiger partial charge in [-0.25, -0.2) is 0 Å². The van der Waals surface area contributed by atoms with Gasteiger partial charge in [-0.1, -0.05) is 0 Å². The maximum atomic E-state index is 9.57. The Hall–Kier alpha value is -0.160. The molecule has 0 spiro atoms. The van der Waals surface area contributed by atoms with Gasteiger partial charge < -0.3 is 20.1 Å². The summed E-state index contributed by atoms with van der Waals surface area (Å²) in [7, 11) is 1.78. The summed E-state index contributed by atoms with van der Waals surface area (Å²) in [5, 5.41) is 13.1. The first-order chi connectivity index (χ1) is 8.65. The summed E-state index contributed by atoms with van der Waals surface area (Å²) >= 11 is 0. The first-order valence-corrected chi connectivity index (χ1v) is 7.25. The Morgan fingerprint density at radius 2 is 2.17 bits per heavy atom. The zero-order valence-electron chi connectivity index (χ0n) is 11.8. The van der Waals surface area contributed by atoms with Crippen molar-refractivity contribution in [3.8, 4) is 0 Å².